The molecule has 0 fully saturated rings. The van der Waals surface area contributed by atoms with Crippen molar-refractivity contribution in [3.05, 3.63) is 34.2 Å². The monoisotopic (exact) mass is 223 g/mol. The highest BCUT2D eigenvalue weighted by Crippen LogP contribution is 1.93. The predicted molar refractivity (Wildman–Crippen MR) is 62.3 cm³/mol. The van der Waals surface area contributed by atoms with E-state index in [1.165, 1.54) is 18.5 Å². The fraction of sp³-hybridized carbons (Fsp3) is 0.455. The number of rotatable bonds is 5. The van der Waals surface area contributed by atoms with Gasteiger partial charge in [0.05, 0.1) is 0 Å². The van der Waals surface area contributed by atoms with Gasteiger partial charge >= 0.3 is 0 Å². The number of pyridine rings is 1. The van der Waals surface area contributed by atoms with E-state index in [1.807, 2.05) is 6.92 Å². The number of aromatic amines is 1. The highest BCUT2D eigenvalue weighted by Gasteiger charge is 2.08. The molecule has 1 amide bonds. The SMILES string of the molecule is CC(N)CCCNC(=O)c1c[nH]ccc1=O. The molecule has 0 aliphatic heterocycles. The third kappa shape index (κ3) is 3.86. The van der Waals surface area contributed by atoms with Crippen LogP contribution in [0, 0.1) is 0 Å². The highest BCUT2D eigenvalue weighted by molar-refractivity contribution is 5.93. The quantitative estimate of drug-likeness (QED) is 0.624. The van der Waals surface area contributed by atoms with E-state index in [0.29, 0.717) is 6.54 Å². The van der Waals surface area contributed by atoms with Crippen molar-refractivity contribution in [3.8, 4) is 0 Å². The van der Waals surface area contributed by atoms with Crippen molar-refractivity contribution in [2.24, 2.45) is 5.73 Å². The second-order valence-electron chi connectivity index (χ2n) is 3.80. The maximum absolute atomic E-state index is 11.5. The van der Waals surface area contributed by atoms with E-state index < -0.39 is 0 Å². The van der Waals surface area contributed by atoms with Crippen LogP contribution in [-0.4, -0.2) is 23.5 Å². The Labute approximate surface area is 94.1 Å². The van der Waals surface area contributed by atoms with Crippen LogP contribution >= 0.6 is 0 Å². The van der Waals surface area contributed by atoms with Gasteiger partial charge in [-0.2, -0.15) is 0 Å². The normalized spacial score (nSPS) is 12.1. The van der Waals surface area contributed by atoms with E-state index in [4.69, 9.17) is 5.73 Å². The number of hydrogen-bond acceptors (Lipinski definition) is 3. The minimum absolute atomic E-state index is 0.136. The van der Waals surface area contributed by atoms with E-state index >= 15 is 0 Å². The number of aromatic nitrogens is 1. The molecule has 0 aliphatic rings. The topological polar surface area (TPSA) is 88.0 Å². The van der Waals surface area contributed by atoms with Crippen LogP contribution in [0.15, 0.2) is 23.3 Å². The highest BCUT2D eigenvalue weighted by atomic mass is 16.2. The van der Waals surface area contributed by atoms with Gasteiger partial charge < -0.3 is 16.0 Å². The lowest BCUT2D eigenvalue weighted by Crippen LogP contribution is -2.30. The summed E-state index contributed by atoms with van der Waals surface area (Å²) in [7, 11) is 0. The molecule has 1 aromatic heterocycles. The average Bonchev–Trinajstić information content (AvgIpc) is 2.24. The van der Waals surface area contributed by atoms with Crippen LogP contribution in [0.4, 0.5) is 0 Å². The lowest BCUT2D eigenvalue weighted by Gasteiger charge is -2.06. The van der Waals surface area contributed by atoms with Gasteiger partial charge in [0.2, 0.25) is 0 Å². The third-order valence-corrected chi connectivity index (χ3v) is 2.19. The summed E-state index contributed by atoms with van der Waals surface area (Å²) >= 11 is 0. The number of nitrogens with one attached hydrogen (secondary N) is 2. The Kier molecular flexibility index (Phi) is 4.72. The zero-order valence-electron chi connectivity index (χ0n) is 9.32. The maximum atomic E-state index is 11.5. The molecule has 0 bridgehead atoms. The first-order valence-electron chi connectivity index (χ1n) is 5.32. The molecule has 1 unspecified atom stereocenters. The summed E-state index contributed by atoms with van der Waals surface area (Å²) in [6.07, 6.45) is 4.57. The molecule has 0 aliphatic carbocycles. The van der Waals surface area contributed by atoms with Crippen LogP contribution < -0.4 is 16.5 Å². The first-order chi connectivity index (χ1) is 7.61. The van der Waals surface area contributed by atoms with Gasteiger partial charge in [-0.15, -0.1) is 0 Å². The van der Waals surface area contributed by atoms with Crippen LogP contribution in [0.2, 0.25) is 0 Å². The van der Waals surface area contributed by atoms with Crippen LogP contribution in [-0.2, 0) is 0 Å². The van der Waals surface area contributed by atoms with Crippen molar-refractivity contribution in [2.75, 3.05) is 6.54 Å². The molecule has 0 aromatic carbocycles. The molecule has 0 radical (unpaired) electrons. The van der Waals surface area contributed by atoms with Crippen molar-refractivity contribution < 1.29 is 4.79 Å². The van der Waals surface area contributed by atoms with Crippen LogP contribution in [0.3, 0.4) is 0 Å². The fourth-order valence-electron chi connectivity index (χ4n) is 1.31. The molecular formula is C11H17N3O2. The number of carbonyl (C=O) groups excluding carboxylic acids is 1. The minimum Gasteiger partial charge on any atom is -0.367 e. The van der Waals surface area contributed by atoms with E-state index in [9.17, 15) is 9.59 Å². The Balaban J connectivity index is 2.42. The predicted octanol–water partition coefficient (Wildman–Crippen LogP) is 0.232. The fourth-order valence-corrected chi connectivity index (χ4v) is 1.31. The van der Waals surface area contributed by atoms with Gasteiger partial charge in [0.1, 0.15) is 5.56 Å². The van der Waals surface area contributed by atoms with Gasteiger partial charge in [0.25, 0.3) is 5.91 Å². The number of hydrogen-bond donors (Lipinski definition) is 3. The third-order valence-electron chi connectivity index (χ3n) is 2.19. The van der Waals surface area contributed by atoms with Gasteiger partial charge in [-0.1, -0.05) is 0 Å². The summed E-state index contributed by atoms with van der Waals surface area (Å²) in [6.45, 7) is 2.46. The average molecular weight is 223 g/mol. The van der Waals surface area contributed by atoms with Crippen molar-refractivity contribution in [3.63, 3.8) is 0 Å². The Bertz CT molecular complexity index is 398. The summed E-state index contributed by atoms with van der Waals surface area (Å²) in [5.41, 5.74) is 5.44. The smallest absolute Gasteiger partial charge is 0.256 e. The standard InChI is InChI=1S/C11H17N3O2/c1-8(12)3-2-5-14-11(16)9-7-13-6-4-10(9)15/h4,6-8H,2-3,5,12H2,1H3,(H,13,15)(H,14,16). The molecule has 5 heteroatoms. The molecule has 0 spiro atoms. The maximum Gasteiger partial charge on any atom is 0.256 e. The molecule has 88 valence electrons. The first kappa shape index (κ1) is 12.4. The summed E-state index contributed by atoms with van der Waals surface area (Å²) in [4.78, 5) is 25.6. The zero-order valence-corrected chi connectivity index (χ0v) is 9.32. The minimum atomic E-state index is -0.341. The lowest BCUT2D eigenvalue weighted by molar-refractivity contribution is 0.0951. The van der Waals surface area contributed by atoms with Crippen LogP contribution in [0.1, 0.15) is 30.1 Å². The molecule has 1 aromatic rings. The number of H-pyrrole nitrogens is 1. The van der Waals surface area contributed by atoms with Crippen LogP contribution in [0.5, 0.6) is 0 Å². The lowest BCUT2D eigenvalue weighted by atomic mass is 10.2. The molecule has 0 saturated carbocycles. The largest absolute Gasteiger partial charge is 0.367 e. The summed E-state index contributed by atoms with van der Waals surface area (Å²) in [5.74, 6) is -0.341. The molecule has 1 heterocycles. The molecule has 1 rings (SSSR count). The molecule has 4 N–H and O–H groups in total. The van der Waals surface area contributed by atoms with Crippen molar-refractivity contribution in [2.45, 2.75) is 25.8 Å². The summed E-state index contributed by atoms with van der Waals surface area (Å²) < 4.78 is 0. The molecule has 5 nitrogen and oxygen atoms in total. The van der Waals surface area contributed by atoms with Crippen molar-refractivity contribution in [1.29, 1.82) is 0 Å². The molecule has 16 heavy (non-hydrogen) atoms. The van der Waals surface area contributed by atoms with Gasteiger partial charge in [0, 0.05) is 31.0 Å². The Morgan fingerprint density at radius 3 is 3.00 bits per heavy atom. The summed E-state index contributed by atoms with van der Waals surface area (Å²) in [6, 6.07) is 1.47. The van der Waals surface area contributed by atoms with E-state index in [1.54, 1.807) is 0 Å². The summed E-state index contributed by atoms with van der Waals surface area (Å²) in [5, 5.41) is 2.68. The van der Waals surface area contributed by atoms with Crippen molar-refractivity contribution >= 4 is 5.91 Å². The second kappa shape index (κ2) is 6.07. The van der Waals surface area contributed by atoms with Gasteiger partial charge in [-0.05, 0) is 19.8 Å². The Hall–Kier alpha value is -1.62. The van der Waals surface area contributed by atoms with E-state index in [0.717, 1.165) is 12.8 Å². The first-order valence-corrected chi connectivity index (χ1v) is 5.32. The van der Waals surface area contributed by atoms with Crippen molar-refractivity contribution in [1.82, 2.24) is 10.3 Å². The number of nitrogens with two attached hydrogens (primary N) is 1. The second-order valence-corrected chi connectivity index (χ2v) is 3.80. The molecule has 1 atom stereocenters. The number of carbonyl (C=O) groups is 1. The van der Waals surface area contributed by atoms with Gasteiger partial charge in [-0.25, -0.2) is 0 Å². The van der Waals surface area contributed by atoms with Gasteiger partial charge in [0.15, 0.2) is 5.43 Å². The van der Waals surface area contributed by atoms with E-state index in [2.05, 4.69) is 10.3 Å². The molecule has 0 saturated heterocycles. The van der Waals surface area contributed by atoms with Gasteiger partial charge in [-0.3, -0.25) is 9.59 Å². The Morgan fingerprint density at radius 1 is 1.62 bits per heavy atom. The van der Waals surface area contributed by atoms with Crippen LogP contribution in [0.25, 0.3) is 0 Å². The van der Waals surface area contributed by atoms with E-state index in [-0.39, 0.29) is 22.9 Å². The molecular weight excluding hydrogens is 206 g/mol. The Morgan fingerprint density at radius 2 is 2.38 bits per heavy atom. The zero-order chi connectivity index (χ0) is 12.0. The number of amides is 1.